The molecule has 0 aliphatic heterocycles. The van der Waals surface area contributed by atoms with Gasteiger partial charge in [-0.25, -0.2) is 0 Å². The zero-order chi connectivity index (χ0) is 14.8. The molecule has 1 aliphatic carbocycles. The maximum atomic E-state index is 11.9. The van der Waals surface area contributed by atoms with Gasteiger partial charge in [-0.1, -0.05) is 64.7 Å². The van der Waals surface area contributed by atoms with Gasteiger partial charge < -0.3 is 5.11 Å². The largest absolute Gasteiger partial charge is 0.480 e. The van der Waals surface area contributed by atoms with Crippen molar-refractivity contribution in [1.29, 1.82) is 0 Å². The van der Waals surface area contributed by atoms with Gasteiger partial charge >= 0.3 is 5.97 Å². The van der Waals surface area contributed by atoms with Gasteiger partial charge in [0.1, 0.15) is 5.54 Å². The molecule has 1 atom stereocenters. The van der Waals surface area contributed by atoms with Crippen LogP contribution in [0.15, 0.2) is 0 Å². The lowest BCUT2D eigenvalue weighted by Gasteiger charge is -2.34. The molecule has 3 nitrogen and oxygen atoms in total. The van der Waals surface area contributed by atoms with Crippen LogP contribution in [0.3, 0.4) is 0 Å². The molecular weight excluding hydrogens is 250 g/mol. The molecule has 0 aromatic heterocycles. The minimum Gasteiger partial charge on any atom is -0.480 e. The van der Waals surface area contributed by atoms with E-state index in [-0.39, 0.29) is 6.04 Å². The van der Waals surface area contributed by atoms with E-state index < -0.39 is 11.5 Å². The van der Waals surface area contributed by atoms with E-state index >= 15 is 0 Å². The van der Waals surface area contributed by atoms with Crippen molar-refractivity contribution >= 4 is 5.97 Å². The number of carboxylic acids is 1. The molecule has 0 spiro atoms. The second kappa shape index (κ2) is 9.38. The zero-order valence-electron chi connectivity index (χ0n) is 13.4. The van der Waals surface area contributed by atoms with Crippen molar-refractivity contribution in [1.82, 2.24) is 5.32 Å². The molecule has 0 bridgehead atoms. The Morgan fingerprint density at radius 1 is 1.00 bits per heavy atom. The first kappa shape index (κ1) is 17.5. The first-order chi connectivity index (χ1) is 9.60. The van der Waals surface area contributed by atoms with E-state index in [0.29, 0.717) is 0 Å². The van der Waals surface area contributed by atoms with Gasteiger partial charge in [0.15, 0.2) is 0 Å². The highest BCUT2D eigenvalue weighted by Crippen LogP contribution is 2.26. The van der Waals surface area contributed by atoms with Crippen molar-refractivity contribution in [2.75, 3.05) is 0 Å². The quantitative estimate of drug-likeness (QED) is 0.798. The van der Waals surface area contributed by atoms with E-state index in [1.54, 1.807) is 0 Å². The monoisotopic (exact) mass is 283 g/mol. The van der Waals surface area contributed by atoms with Crippen molar-refractivity contribution in [3.63, 3.8) is 0 Å². The molecule has 0 aromatic rings. The first-order valence-electron chi connectivity index (χ1n) is 8.62. The molecule has 0 aromatic carbocycles. The smallest absolute Gasteiger partial charge is 0.323 e. The number of nitrogens with one attached hydrogen (secondary N) is 1. The van der Waals surface area contributed by atoms with Gasteiger partial charge in [-0.2, -0.15) is 0 Å². The third kappa shape index (κ3) is 5.82. The molecule has 0 amide bonds. The van der Waals surface area contributed by atoms with Crippen LogP contribution in [0.2, 0.25) is 0 Å². The summed E-state index contributed by atoms with van der Waals surface area (Å²) in [5.41, 5.74) is -0.686. The molecule has 1 rings (SSSR count). The lowest BCUT2D eigenvalue weighted by Crippen LogP contribution is -2.55. The van der Waals surface area contributed by atoms with Gasteiger partial charge in [0.25, 0.3) is 0 Å². The molecule has 1 unspecified atom stereocenters. The fourth-order valence-electron chi connectivity index (χ4n) is 3.21. The lowest BCUT2D eigenvalue weighted by atomic mass is 9.84. The van der Waals surface area contributed by atoms with Crippen molar-refractivity contribution in [3.05, 3.63) is 0 Å². The van der Waals surface area contributed by atoms with E-state index in [1.165, 1.54) is 44.9 Å². The van der Waals surface area contributed by atoms with Crippen molar-refractivity contribution in [3.8, 4) is 0 Å². The predicted molar refractivity (Wildman–Crippen MR) is 84.0 cm³/mol. The van der Waals surface area contributed by atoms with Gasteiger partial charge in [-0.05, 0) is 26.2 Å². The summed E-state index contributed by atoms with van der Waals surface area (Å²) in [6.07, 6.45) is 13.5. The van der Waals surface area contributed by atoms with Gasteiger partial charge in [0, 0.05) is 6.04 Å². The number of aliphatic carboxylic acids is 1. The Balaban J connectivity index is 2.69. The average molecular weight is 283 g/mol. The summed E-state index contributed by atoms with van der Waals surface area (Å²) in [6, 6.07) is 0.277. The summed E-state index contributed by atoms with van der Waals surface area (Å²) in [4.78, 5) is 11.9. The molecule has 0 radical (unpaired) electrons. The van der Waals surface area contributed by atoms with Gasteiger partial charge in [-0.15, -0.1) is 0 Å². The normalized spacial score (nSPS) is 23.3. The van der Waals surface area contributed by atoms with Gasteiger partial charge in [-0.3, -0.25) is 10.1 Å². The van der Waals surface area contributed by atoms with E-state index in [4.69, 9.17) is 0 Å². The average Bonchev–Trinajstić information content (AvgIpc) is 2.41. The minimum absolute atomic E-state index is 0.277. The first-order valence-corrected chi connectivity index (χ1v) is 8.62. The summed E-state index contributed by atoms with van der Waals surface area (Å²) >= 11 is 0. The Morgan fingerprint density at radius 2 is 1.40 bits per heavy atom. The second-order valence-corrected chi connectivity index (χ2v) is 6.52. The van der Waals surface area contributed by atoms with E-state index in [0.717, 1.165) is 32.1 Å². The number of hydrogen-bond donors (Lipinski definition) is 2. The minimum atomic E-state index is -0.686. The van der Waals surface area contributed by atoms with Crippen LogP contribution < -0.4 is 5.32 Å². The molecule has 118 valence electrons. The van der Waals surface area contributed by atoms with Gasteiger partial charge in [0.2, 0.25) is 0 Å². The van der Waals surface area contributed by atoms with E-state index in [9.17, 15) is 9.90 Å². The number of carbonyl (C=O) groups is 1. The standard InChI is InChI=1S/C17H33NO2/c1-3-15(2)18-17(16(19)20)13-11-9-7-5-4-6-8-10-12-14-17/h15,18H,3-14H2,1-2H3,(H,19,20). The summed E-state index contributed by atoms with van der Waals surface area (Å²) in [5, 5.41) is 13.2. The fraction of sp³-hybridized carbons (Fsp3) is 0.941. The van der Waals surface area contributed by atoms with Crippen LogP contribution in [0.1, 0.15) is 90.9 Å². The molecule has 3 heteroatoms. The third-order valence-electron chi connectivity index (χ3n) is 4.75. The topological polar surface area (TPSA) is 49.3 Å². The summed E-state index contributed by atoms with van der Waals surface area (Å²) in [5.74, 6) is -0.644. The molecule has 20 heavy (non-hydrogen) atoms. The maximum absolute atomic E-state index is 11.9. The van der Waals surface area contributed by atoms with Crippen LogP contribution in [0, 0.1) is 0 Å². The maximum Gasteiger partial charge on any atom is 0.323 e. The Kier molecular flexibility index (Phi) is 8.20. The predicted octanol–water partition coefficient (Wildman–Crippen LogP) is 4.50. The van der Waals surface area contributed by atoms with Crippen LogP contribution in [0.4, 0.5) is 0 Å². The Morgan fingerprint density at radius 3 is 1.75 bits per heavy atom. The Hall–Kier alpha value is -0.570. The van der Waals surface area contributed by atoms with E-state index in [2.05, 4.69) is 19.2 Å². The van der Waals surface area contributed by atoms with Crippen LogP contribution in [-0.4, -0.2) is 22.7 Å². The molecule has 2 N–H and O–H groups in total. The fourth-order valence-corrected chi connectivity index (χ4v) is 3.21. The van der Waals surface area contributed by atoms with Gasteiger partial charge in [0.05, 0.1) is 0 Å². The summed E-state index contributed by atoms with van der Waals surface area (Å²) in [6.45, 7) is 4.21. The zero-order valence-corrected chi connectivity index (χ0v) is 13.4. The highest BCUT2D eigenvalue weighted by molar-refractivity contribution is 5.78. The second-order valence-electron chi connectivity index (χ2n) is 6.52. The van der Waals surface area contributed by atoms with Crippen LogP contribution in [0.5, 0.6) is 0 Å². The third-order valence-corrected chi connectivity index (χ3v) is 4.75. The number of hydrogen-bond acceptors (Lipinski definition) is 2. The summed E-state index contributed by atoms with van der Waals surface area (Å²) in [7, 11) is 0. The summed E-state index contributed by atoms with van der Waals surface area (Å²) < 4.78 is 0. The Bertz CT molecular complexity index is 266. The molecule has 0 saturated heterocycles. The molecule has 1 fully saturated rings. The lowest BCUT2D eigenvalue weighted by molar-refractivity contribution is -0.146. The van der Waals surface area contributed by atoms with Crippen LogP contribution in [0.25, 0.3) is 0 Å². The Labute approximate surface area is 124 Å². The van der Waals surface area contributed by atoms with Crippen molar-refractivity contribution in [2.24, 2.45) is 0 Å². The van der Waals surface area contributed by atoms with Crippen LogP contribution in [-0.2, 0) is 4.79 Å². The van der Waals surface area contributed by atoms with Crippen molar-refractivity contribution in [2.45, 2.75) is 102 Å². The molecule has 1 saturated carbocycles. The SMILES string of the molecule is CCC(C)NC1(C(=O)O)CCCCCCCCCCC1. The van der Waals surface area contributed by atoms with Crippen molar-refractivity contribution < 1.29 is 9.90 Å². The highest BCUT2D eigenvalue weighted by atomic mass is 16.4. The van der Waals surface area contributed by atoms with Crippen LogP contribution >= 0.6 is 0 Å². The number of rotatable bonds is 4. The molecule has 1 aliphatic rings. The molecular formula is C17H33NO2. The van der Waals surface area contributed by atoms with E-state index in [1.807, 2.05) is 0 Å². The number of carboxylic acid groups (broad SMARTS) is 1. The molecule has 0 heterocycles. The highest BCUT2D eigenvalue weighted by Gasteiger charge is 2.37.